The lowest BCUT2D eigenvalue weighted by atomic mass is 9.90. The number of hydrogen-bond acceptors (Lipinski definition) is 5. The van der Waals surface area contributed by atoms with Crippen LogP contribution in [-0.4, -0.2) is 34.8 Å². The number of nitrogens with one attached hydrogen (secondary N) is 1. The Morgan fingerprint density at radius 2 is 1.57 bits per heavy atom. The number of carboxylic acids is 1. The van der Waals surface area contributed by atoms with E-state index in [1.807, 2.05) is 0 Å². The number of Topliss-reactive ketones (excluding diaryl/α,β-unsaturated/α-hetero) is 1. The number of aliphatic hydroxyl groups is 1. The quantitative estimate of drug-likeness (QED) is 0.472. The fourth-order valence-corrected chi connectivity index (χ4v) is 3.37. The number of aliphatic hydroxyl groups excluding tert-OH is 1. The molecule has 1 aliphatic rings. The molecule has 6 heteroatoms. The summed E-state index contributed by atoms with van der Waals surface area (Å²) in [6, 6.07) is 12.6. The number of ether oxygens (including phenoxy) is 1. The van der Waals surface area contributed by atoms with Gasteiger partial charge in [-0.05, 0) is 67.3 Å². The lowest BCUT2D eigenvalue weighted by molar-refractivity contribution is 0.0696. The van der Waals surface area contributed by atoms with Crippen molar-refractivity contribution in [3.05, 3.63) is 59.7 Å². The lowest BCUT2D eigenvalue weighted by Crippen LogP contribution is -2.29. The first-order chi connectivity index (χ1) is 13.5. The second-order valence-electron chi connectivity index (χ2n) is 7.13. The molecule has 1 atom stereocenters. The molecule has 0 aromatic heterocycles. The summed E-state index contributed by atoms with van der Waals surface area (Å²) in [5.41, 5.74) is 0.959. The van der Waals surface area contributed by atoms with Crippen molar-refractivity contribution in [1.29, 1.82) is 0 Å². The molecule has 0 heterocycles. The van der Waals surface area contributed by atoms with E-state index in [-0.39, 0.29) is 5.56 Å². The summed E-state index contributed by atoms with van der Waals surface area (Å²) in [5.74, 6) is -0.183. The number of ketones is 1. The normalized spacial score (nSPS) is 15.6. The average molecular weight is 383 g/mol. The highest BCUT2D eigenvalue weighted by Crippen LogP contribution is 2.25. The van der Waals surface area contributed by atoms with Gasteiger partial charge >= 0.3 is 5.97 Å². The third-order valence-electron chi connectivity index (χ3n) is 5.03. The van der Waals surface area contributed by atoms with Gasteiger partial charge in [0.2, 0.25) is 5.78 Å². The van der Waals surface area contributed by atoms with Crippen molar-refractivity contribution in [1.82, 2.24) is 0 Å². The van der Waals surface area contributed by atoms with Crippen LogP contribution in [-0.2, 0) is 0 Å². The largest absolute Gasteiger partial charge is 0.493 e. The zero-order chi connectivity index (χ0) is 19.9. The summed E-state index contributed by atoms with van der Waals surface area (Å²) < 4.78 is 5.83. The molecule has 0 aliphatic heterocycles. The molecule has 148 valence electrons. The Morgan fingerprint density at radius 1 is 0.964 bits per heavy atom. The van der Waals surface area contributed by atoms with Crippen molar-refractivity contribution in [2.45, 2.75) is 38.3 Å². The van der Waals surface area contributed by atoms with E-state index in [0.29, 0.717) is 29.5 Å². The van der Waals surface area contributed by atoms with Crippen molar-refractivity contribution in [2.75, 3.05) is 11.9 Å². The summed E-state index contributed by atoms with van der Waals surface area (Å²) >= 11 is 0. The molecule has 0 radical (unpaired) electrons. The molecule has 28 heavy (non-hydrogen) atoms. The number of rotatable bonds is 8. The highest BCUT2D eigenvalue weighted by Gasteiger charge is 2.18. The predicted molar refractivity (Wildman–Crippen MR) is 106 cm³/mol. The van der Waals surface area contributed by atoms with E-state index in [1.54, 1.807) is 24.3 Å². The summed E-state index contributed by atoms with van der Waals surface area (Å²) in [4.78, 5) is 23.3. The van der Waals surface area contributed by atoms with E-state index in [4.69, 9.17) is 9.84 Å². The van der Waals surface area contributed by atoms with Crippen molar-refractivity contribution in [3.63, 3.8) is 0 Å². The van der Waals surface area contributed by atoms with E-state index in [0.717, 1.165) is 0 Å². The monoisotopic (exact) mass is 383 g/mol. The fourth-order valence-electron chi connectivity index (χ4n) is 3.37. The van der Waals surface area contributed by atoms with Gasteiger partial charge in [0.1, 0.15) is 5.75 Å². The van der Waals surface area contributed by atoms with Crippen LogP contribution < -0.4 is 10.1 Å². The maximum absolute atomic E-state index is 12.4. The van der Waals surface area contributed by atoms with Crippen LogP contribution in [0.3, 0.4) is 0 Å². The van der Waals surface area contributed by atoms with Crippen molar-refractivity contribution in [2.24, 2.45) is 5.92 Å². The van der Waals surface area contributed by atoms with Gasteiger partial charge in [-0.2, -0.15) is 0 Å². The lowest BCUT2D eigenvalue weighted by Gasteiger charge is -2.21. The third kappa shape index (κ3) is 5.33. The van der Waals surface area contributed by atoms with Gasteiger partial charge in [-0.15, -0.1) is 0 Å². The zero-order valence-corrected chi connectivity index (χ0v) is 15.6. The number of carboxylic acid groups (broad SMARTS) is 1. The van der Waals surface area contributed by atoms with E-state index in [1.165, 1.54) is 56.4 Å². The molecule has 2 aromatic carbocycles. The Morgan fingerprint density at radius 3 is 2.18 bits per heavy atom. The number of hydrogen-bond donors (Lipinski definition) is 3. The molecule has 2 aromatic rings. The van der Waals surface area contributed by atoms with Crippen LogP contribution >= 0.6 is 0 Å². The Kier molecular flexibility index (Phi) is 6.66. The summed E-state index contributed by atoms with van der Waals surface area (Å²) in [5, 5.41) is 21.7. The molecule has 0 spiro atoms. The Bertz CT molecular complexity index is 795. The second-order valence-corrected chi connectivity index (χ2v) is 7.13. The maximum Gasteiger partial charge on any atom is 0.335 e. The second kappa shape index (κ2) is 9.37. The smallest absolute Gasteiger partial charge is 0.335 e. The predicted octanol–water partition coefficient (Wildman–Crippen LogP) is 3.96. The minimum Gasteiger partial charge on any atom is -0.493 e. The van der Waals surface area contributed by atoms with Crippen LogP contribution in [0.5, 0.6) is 5.75 Å². The van der Waals surface area contributed by atoms with Gasteiger partial charge in [0.05, 0.1) is 12.2 Å². The Balaban J connectivity index is 1.53. The first-order valence-electron chi connectivity index (χ1n) is 9.58. The van der Waals surface area contributed by atoms with Crippen LogP contribution in [0.15, 0.2) is 48.5 Å². The van der Waals surface area contributed by atoms with Gasteiger partial charge in [-0.1, -0.05) is 19.3 Å². The molecule has 3 rings (SSSR count). The molecule has 0 saturated heterocycles. The Hall–Kier alpha value is -2.86. The molecule has 0 amide bonds. The summed E-state index contributed by atoms with van der Waals surface area (Å²) in [6.45, 7) is 0.698. The molecule has 0 bridgehead atoms. The van der Waals surface area contributed by atoms with Gasteiger partial charge in [0, 0.05) is 11.3 Å². The van der Waals surface area contributed by atoms with Crippen LogP contribution in [0.2, 0.25) is 0 Å². The number of carbonyl (C=O) groups is 2. The molecule has 6 nitrogen and oxygen atoms in total. The van der Waals surface area contributed by atoms with Gasteiger partial charge < -0.3 is 20.3 Å². The van der Waals surface area contributed by atoms with E-state index in [2.05, 4.69) is 5.32 Å². The molecular weight excluding hydrogens is 358 g/mol. The van der Waals surface area contributed by atoms with E-state index in [9.17, 15) is 14.7 Å². The average Bonchev–Trinajstić information content (AvgIpc) is 2.73. The number of aromatic carboxylic acids is 1. The third-order valence-corrected chi connectivity index (χ3v) is 5.03. The first-order valence-corrected chi connectivity index (χ1v) is 9.58. The highest BCUT2D eigenvalue weighted by atomic mass is 16.5. The van der Waals surface area contributed by atoms with Crippen LogP contribution in [0.25, 0.3) is 0 Å². The number of carbonyl (C=O) groups excluding carboxylic acids is 1. The Labute approximate surface area is 164 Å². The number of anilines is 1. The first kappa shape index (κ1) is 19.9. The molecular formula is C22H25NO5. The van der Waals surface area contributed by atoms with Gasteiger partial charge in [-0.25, -0.2) is 4.79 Å². The molecule has 1 fully saturated rings. The standard InChI is InChI=1S/C22H25NO5/c24-20(21(25)23-18-10-6-17(7-11-18)22(26)27)16-8-12-19(13-9-16)28-14-15-4-2-1-3-5-15/h6-13,15,21,23,25H,1-5,14H2,(H,26,27). The van der Waals surface area contributed by atoms with Crippen LogP contribution in [0, 0.1) is 5.92 Å². The van der Waals surface area contributed by atoms with Crippen molar-refractivity contribution >= 4 is 17.4 Å². The SMILES string of the molecule is O=C(O)c1ccc(NC(O)C(=O)c2ccc(OCC3CCCCC3)cc2)cc1. The number of benzene rings is 2. The molecule has 1 unspecified atom stereocenters. The molecule has 3 N–H and O–H groups in total. The van der Waals surface area contributed by atoms with Crippen molar-refractivity contribution in [3.8, 4) is 5.75 Å². The van der Waals surface area contributed by atoms with Crippen LogP contribution in [0.4, 0.5) is 5.69 Å². The minimum absolute atomic E-state index is 0.134. The summed E-state index contributed by atoms with van der Waals surface area (Å²) in [7, 11) is 0. The topological polar surface area (TPSA) is 95.9 Å². The van der Waals surface area contributed by atoms with Gasteiger partial charge in [0.25, 0.3) is 0 Å². The highest BCUT2D eigenvalue weighted by molar-refractivity contribution is 6.00. The minimum atomic E-state index is -1.43. The maximum atomic E-state index is 12.4. The van der Waals surface area contributed by atoms with E-state index < -0.39 is 18.0 Å². The van der Waals surface area contributed by atoms with Gasteiger partial charge in [0.15, 0.2) is 6.23 Å². The fraction of sp³-hybridized carbons (Fsp3) is 0.364. The molecule has 1 aliphatic carbocycles. The van der Waals surface area contributed by atoms with Gasteiger partial charge in [-0.3, -0.25) is 4.79 Å². The zero-order valence-electron chi connectivity index (χ0n) is 15.6. The van der Waals surface area contributed by atoms with E-state index >= 15 is 0 Å². The summed E-state index contributed by atoms with van der Waals surface area (Å²) in [6.07, 6.45) is 4.85. The van der Waals surface area contributed by atoms with Crippen LogP contribution in [0.1, 0.15) is 52.8 Å². The molecule has 1 saturated carbocycles. The van der Waals surface area contributed by atoms with Crippen molar-refractivity contribution < 1.29 is 24.5 Å².